The number of rotatable bonds is 5. The molecule has 8 heteroatoms. The lowest BCUT2D eigenvalue weighted by Gasteiger charge is -2.21. The summed E-state index contributed by atoms with van der Waals surface area (Å²) >= 11 is 1.28. The molecule has 0 saturated heterocycles. The van der Waals surface area contributed by atoms with Crippen LogP contribution in [-0.4, -0.2) is 23.9 Å². The van der Waals surface area contributed by atoms with Crippen molar-refractivity contribution in [3.05, 3.63) is 96.7 Å². The van der Waals surface area contributed by atoms with Gasteiger partial charge in [0.1, 0.15) is 0 Å². The second-order valence-corrected chi connectivity index (χ2v) is 8.74. The number of esters is 1. The minimum absolute atomic E-state index is 0.185. The number of aromatic nitrogens is 1. The van der Waals surface area contributed by atoms with Crippen LogP contribution in [0.1, 0.15) is 31.0 Å². The molecular weight excluding hydrogens is 452 g/mol. The van der Waals surface area contributed by atoms with E-state index in [1.54, 1.807) is 24.5 Å². The van der Waals surface area contributed by atoms with Gasteiger partial charge in [-0.05, 0) is 43.2 Å². The summed E-state index contributed by atoms with van der Waals surface area (Å²) in [6, 6.07) is 14.6. The molecule has 1 unspecified atom stereocenters. The van der Waals surface area contributed by atoms with Gasteiger partial charge in [0.15, 0.2) is 16.3 Å². The standard InChI is InChI=1S/C26H22N2O5S/c1-3-31-25(30)23-16(2)27-26-28(19(23)11-9-17-7-5-4-6-8-17)24(29)22(34-26)14-18-10-12-20-21(13-18)33-15-32-20/h4-14,19H,3,15H2,1-2H3/b11-9+,22-14-. The van der Waals surface area contributed by atoms with Crippen molar-refractivity contribution in [2.45, 2.75) is 19.9 Å². The van der Waals surface area contributed by atoms with E-state index in [9.17, 15) is 9.59 Å². The van der Waals surface area contributed by atoms with E-state index in [0.717, 1.165) is 11.1 Å². The van der Waals surface area contributed by atoms with Crippen LogP contribution in [0.5, 0.6) is 11.5 Å². The number of nitrogens with zero attached hydrogens (tertiary/aromatic N) is 2. The fraction of sp³-hybridized carbons (Fsp3) is 0.192. The molecule has 3 aromatic rings. The number of ether oxygens (including phenoxy) is 3. The molecule has 5 rings (SSSR count). The summed E-state index contributed by atoms with van der Waals surface area (Å²) in [6.07, 6.45) is 5.55. The lowest BCUT2D eigenvalue weighted by Crippen LogP contribution is -2.38. The Morgan fingerprint density at radius 1 is 1.18 bits per heavy atom. The van der Waals surface area contributed by atoms with E-state index < -0.39 is 12.0 Å². The molecule has 0 amide bonds. The molecular formula is C26H22N2O5S. The van der Waals surface area contributed by atoms with Crippen molar-refractivity contribution in [3.8, 4) is 11.5 Å². The lowest BCUT2D eigenvalue weighted by molar-refractivity contribution is -0.139. The molecule has 0 N–H and O–H groups in total. The van der Waals surface area contributed by atoms with Gasteiger partial charge in [-0.2, -0.15) is 0 Å². The Hall–Kier alpha value is -3.91. The molecule has 1 aromatic heterocycles. The smallest absolute Gasteiger partial charge is 0.338 e. The van der Waals surface area contributed by atoms with Gasteiger partial charge < -0.3 is 14.2 Å². The molecule has 0 bridgehead atoms. The monoisotopic (exact) mass is 474 g/mol. The van der Waals surface area contributed by atoms with Crippen LogP contribution in [-0.2, 0) is 9.53 Å². The molecule has 3 heterocycles. The van der Waals surface area contributed by atoms with Gasteiger partial charge >= 0.3 is 5.97 Å². The molecule has 172 valence electrons. The highest BCUT2D eigenvalue weighted by atomic mass is 32.1. The van der Waals surface area contributed by atoms with Crippen LogP contribution in [0.25, 0.3) is 12.2 Å². The van der Waals surface area contributed by atoms with E-state index in [0.29, 0.717) is 32.1 Å². The zero-order valence-electron chi connectivity index (χ0n) is 18.7. The summed E-state index contributed by atoms with van der Waals surface area (Å²) in [4.78, 5) is 31.5. The van der Waals surface area contributed by atoms with Crippen molar-refractivity contribution in [2.75, 3.05) is 13.4 Å². The molecule has 0 radical (unpaired) electrons. The van der Waals surface area contributed by atoms with Gasteiger partial charge in [0.05, 0.1) is 28.5 Å². The molecule has 2 aliphatic rings. The SMILES string of the molecule is CCOC(=O)C1=C(C)N=c2s/c(=C\c3ccc4c(c3)OCO4)c(=O)n2C1/C=C/c1ccccc1. The maximum absolute atomic E-state index is 13.5. The third kappa shape index (κ3) is 4.08. The summed E-state index contributed by atoms with van der Waals surface area (Å²) in [5.74, 6) is 0.849. The minimum Gasteiger partial charge on any atom is -0.463 e. The summed E-state index contributed by atoms with van der Waals surface area (Å²) in [7, 11) is 0. The average Bonchev–Trinajstić information content (AvgIpc) is 3.42. The van der Waals surface area contributed by atoms with Gasteiger partial charge in [-0.3, -0.25) is 9.36 Å². The largest absolute Gasteiger partial charge is 0.463 e. The summed E-state index contributed by atoms with van der Waals surface area (Å²) in [5.41, 5.74) is 2.45. The maximum atomic E-state index is 13.5. The molecule has 7 nitrogen and oxygen atoms in total. The van der Waals surface area contributed by atoms with E-state index in [-0.39, 0.29) is 19.0 Å². The highest BCUT2D eigenvalue weighted by molar-refractivity contribution is 7.07. The highest BCUT2D eigenvalue weighted by Crippen LogP contribution is 2.32. The van der Waals surface area contributed by atoms with Crippen LogP contribution in [0.3, 0.4) is 0 Å². The van der Waals surface area contributed by atoms with Gasteiger partial charge in [0.2, 0.25) is 6.79 Å². The first-order chi connectivity index (χ1) is 16.5. The van der Waals surface area contributed by atoms with Gasteiger partial charge in [0, 0.05) is 0 Å². The minimum atomic E-state index is -0.630. The fourth-order valence-corrected chi connectivity index (χ4v) is 4.99. The van der Waals surface area contributed by atoms with E-state index in [1.807, 2.05) is 60.7 Å². The third-order valence-corrected chi connectivity index (χ3v) is 6.51. The summed E-state index contributed by atoms with van der Waals surface area (Å²) in [5, 5.41) is 0. The molecule has 0 fully saturated rings. The Morgan fingerprint density at radius 3 is 2.76 bits per heavy atom. The first-order valence-corrected chi connectivity index (χ1v) is 11.7. The van der Waals surface area contributed by atoms with E-state index in [2.05, 4.69) is 4.99 Å². The number of thiazole rings is 1. The Morgan fingerprint density at radius 2 is 1.97 bits per heavy atom. The van der Waals surface area contributed by atoms with Crippen LogP contribution in [0.15, 0.2) is 75.7 Å². The van der Waals surface area contributed by atoms with E-state index in [1.165, 1.54) is 11.3 Å². The van der Waals surface area contributed by atoms with E-state index >= 15 is 0 Å². The number of hydrogen-bond donors (Lipinski definition) is 0. The quantitative estimate of drug-likeness (QED) is 0.531. The maximum Gasteiger partial charge on any atom is 0.338 e. The van der Waals surface area contributed by atoms with Crippen molar-refractivity contribution < 1.29 is 19.0 Å². The van der Waals surface area contributed by atoms with Crippen LogP contribution in [0.2, 0.25) is 0 Å². The average molecular weight is 475 g/mol. The number of allylic oxidation sites excluding steroid dienone is 2. The zero-order chi connectivity index (χ0) is 23.7. The van der Waals surface area contributed by atoms with Crippen LogP contribution >= 0.6 is 11.3 Å². The number of benzene rings is 2. The van der Waals surface area contributed by atoms with Crippen molar-refractivity contribution in [1.29, 1.82) is 0 Å². The molecule has 0 saturated carbocycles. The predicted octanol–water partition coefficient (Wildman–Crippen LogP) is 3.19. The Balaban J connectivity index is 1.63. The number of carbonyl (C=O) groups excluding carboxylic acids is 1. The van der Waals surface area contributed by atoms with Crippen molar-refractivity contribution in [2.24, 2.45) is 4.99 Å². The van der Waals surface area contributed by atoms with Crippen LogP contribution in [0, 0.1) is 0 Å². The van der Waals surface area contributed by atoms with Crippen molar-refractivity contribution in [3.63, 3.8) is 0 Å². The van der Waals surface area contributed by atoms with Crippen molar-refractivity contribution >= 4 is 29.5 Å². The topological polar surface area (TPSA) is 79.1 Å². The van der Waals surface area contributed by atoms with Gasteiger partial charge in [0.25, 0.3) is 5.56 Å². The predicted molar refractivity (Wildman–Crippen MR) is 129 cm³/mol. The van der Waals surface area contributed by atoms with E-state index in [4.69, 9.17) is 14.2 Å². The fourth-order valence-electron chi connectivity index (χ4n) is 3.94. The first kappa shape index (κ1) is 21.9. The zero-order valence-corrected chi connectivity index (χ0v) is 19.5. The summed E-state index contributed by atoms with van der Waals surface area (Å²) < 4.78 is 18.2. The molecule has 0 spiro atoms. The second kappa shape index (κ2) is 9.15. The third-order valence-electron chi connectivity index (χ3n) is 5.52. The normalized spacial score (nSPS) is 17.1. The van der Waals surface area contributed by atoms with Gasteiger partial charge in [-0.1, -0.05) is 59.9 Å². The second-order valence-electron chi connectivity index (χ2n) is 7.73. The number of fused-ring (bicyclic) bond motifs is 2. The van der Waals surface area contributed by atoms with Crippen LogP contribution < -0.4 is 24.4 Å². The molecule has 1 atom stereocenters. The first-order valence-electron chi connectivity index (χ1n) is 10.9. The summed E-state index contributed by atoms with van der Waals surface area (Å²) in [6.45, 7) is 3.94. The van der Waals surface area contributed by atoms with Gasteiger partial charge in [-0.25, -0.2) is 9.79 Å². The Labute approximate surface area is 199 Å². The van der Waals surface area contributed by atoms with Crippen LogP contribution in [0.4, 0.5) is 0 Å². The van der Waals surface area contributed by atoms with Crippen molar-refractivity contribution in [1.82, 2.24) is 4.57 Å². The molecule has 34 heavy (non-hydrogen) atoms. The van der Waals surface area contributed by atoms with Gasteiger partial charge in [-0.15, -0.1) is 0 Å². The molecule has 2 aromatic carbocycles. The number of hydrogen-bond acceptors (Lipinski definition) is 7. The lowest BCUT2D eigenvalue weighted by atomic mass is 10.0. The molecule has 0 aliphatic carbocycles. The Bertz CT molecular complexity index is 1500. The Kier molecular flexibility index (Phi) is 5.90. The molecule has 2 aliphatic heterocycles. The number of carbonyl (C=O) groups is 1. The highest BCUT2D eigenvalue weighted by Gasteiger charge is 2.30.